The van der Waals surface area contributed by atoms with Gasteiger partial charge in [0, 0.05) is 18.7 Å². The Morgan fingerprint density at radius 1 is 1.47 bits per heavy atom. The highest BCUT2D eigenvalue weighted by atomic mass is 15.0. The summed E-state index contributed by atoms with van der Waals surface area (Å²) in [5, 5.41) is 3.14. The molecular weight excluding hydrogens is 188 g/mol. The van der Waals surface area contributed by atoms with Crippen LogP contribution in [0.3, 0.4) is 0 Å². The Bertz CT molecular complexity index is 459. The first-order valence-electron chi connectivity index (χ1n) is 5.20. The molecule has 80 valence electrons. The van der Waals surface area contributed by atoms with Crippen LogP contribution in [0.15, 0.2) is 12.3 Å². The maximum atomic E-state index is 4.46. The minimum absolute atomic E-state index is 0.404. The third-order valence-corrected chi connectivity index (χ3v) is 2.41. The van der Waals surface area contributed by atoms with E-state index in [2.05, 4.69) is 34.1 Å². The van der Waals surface area contributed by atoms with Gasteiger partial charge in [-0.15, -0.1) is 0 Å². The summed E-state index contributed by atoms with van der Waals surface area (Å²) in [5.74, 6) is 1.41. The van der Waals surface area contributed by atoms with Gasteiger partial charge >= 0.3 is 0 Å². The highest BCUT2D eigenvalue weighted by Crippen LogP contribution is 2.18. The molecule has 15 heavy (non-hydrogen) atoms. The second kappa shape index (κ2) is 3.98. The number of imidazole rings is 1. The molecule has 4 heteroatoms. The van der Waals surface area contributed by atoms with Gasteiger partial charge in [-0.2, -0.15) is 0 Å². The van der Waals surface area contributed by atoms with E-state index in [1.807, 2.05) is 13.1 Å². The molecule has 0 radical (unpaired) electrons. The Hall–Kier alpha value is -1.42. The quantitative estimate of drug-likeness (QED) is 0.801. The number of nitrogens with zero attached hydrogens (tertiary/aromatic N) is 2. The van der Waals surface area contributed by atoms with Gasteiger partial charge in [0.25, 0.3) is 0 Å². The van der Waals surface area contributed by atoms with Crippen LogP contribution in [0.25, 0.3) is 11.2 Å². The number of aromatic nitrogens is 3. The minimum atomic E-state index is 0.404. The van der Waals surface area contributed by atoms with Crippen LogP contribution in [0.2, 0.25) is 0 Å². The lowest BCUT2D eigenvalue weighted by atomic mass is 10.2. The standard InChI is InChI=1S/C11H16N4/c1-7(2)10-14-9-8(6-12-3)4-5-13-11(9)15-10/h4-5,7,12H,6H2,1-3H3,(H,13,14,15). The lowest BCUT2D eigenvalue weighted by Gasteiger charge is -2.00. The van der Waals surface area contributed by atoms with Crippen LogP contribution in [-0.2, 0) is 6.54 Å². The van der Waals surface area contributed by atoms with E-state index in [-0.39, 0.29) is 0 Å². The van der Waals surface area contributed by atoms with E-state index in [4.69, 9.17) is 0 Å². The highest BCUT2D eigenvalue weighted by molar-refractivity contribution is 5.74. The van der Waals surface area contributed by atoms with Crippen molar-refractivity contribution < 1.29 is 0 Å². The van der Waals surface area contributed by atoms with Crippen LogP contribution >= 0.6 is 0 Å². The molecule has 0 aliphatic rings. The molecule has 0 bridgehead atoms. The van der Waals surface area contributed by atoms with Crippen molar-refractivity contribution >= 4 is 11.2 Å². The zero-order valence-corrected chi connectivity index (χ0v) is 9.33. The van der Waals surface area contributed by atoms with E-state index < -0.39 is 0 Å². The normalized spacial score (nSPS) is 11.5. The zero-order valence-electron chi connectivity index (χ0n) is 9.33. The lowest BCUT2D eigenvalue weighted by Crippen LogP contribution is -2.05. The summed E-state index contributed by atoms with van der Waals surface area (Å²) in [5.41, 5.74) is 3.07. The van der Waals surface area contributed by atoms with Gasteiger partial charge in [0.15, 0.2) is 5.65 Å². The monoisotopic (exact) mass is 204 g/mol. The molecule has 0 unspecified atom stereocenters. The maximum Gasteiger partial charge on any atom is 0.178 e. The zero-order chi connectivity index (χ0) is 10.8. The number of hydrogen-bond acceptors (Lipinski definition) is 3. The number of nitrogens with one attached hydrogen (secondary N) is 2. The van der Waals surface area contributed by atoms with Crippen molar-refractivity contribution in [1.82, 2.24) is 20.3 Å². The molecule has 2 aromatic heterocycles. The molecule has 0 amide bonds. The van der Waals surface area contributed by atoms with E-state index >= 15 is 0 Å². The van der Waals surface area contributed by atoms with Gasteiger partial charge in [-0.1, -0.05) is 13.8 Å². The Balaban J connectivity index is 2.54. The summed E-state index contributed by atoms with van der Waals surface area (Å²) in [4.78, 5) is 12.1. The predicted octanol–water partition coefficient (Wildman–Crippen LogP) is 1.80. The Morgan fingerprint density at radius 3 is 2.93 bits per heavy atom. The smallest absolute Gasteiger partial charge is 0.178 e. The van der Waals surface area contributed by atoms with Crippen molar-refractivity contribution in [2.24, 2.45) is 0 Å². The highest BCUT2D eigenvalue weighted by Gasteiger charge is 2.09. The van der Waals surface area contributed by atoms with Gasteiger partial charge in [0.05, 0.1) is 5.52 Å². The fourth-order valence-corrected chi connectivity index (χ4v) is 1.59. The first kappa shape index (κ1) is 10.1. The summed E-state index contributed by atoms with van der Waals surface area (Å²) >= 11 is 0. The molecule has 0 aliphatic heterocycles. The Morgan fingerprint density at radius 2 is 2.27 bits per heavy atom. The SMILES string of the molecule is CNCc1ccnc2nc(C(C)C)[nH]c12. The number of aromatic amines is 1. The molecule has 2 rings (SSSR count). The summed E-state index contributed by atoms with van der Waals surface area (Å²) in [6.07, 6.45) is 1.81. The van der Waals surface area contributed by atoms with Gasteiger partial charge in [-0.05, 0) is 18.7 Å². The fourth-order valence-electron chi connectivity index (χ4n) is 1.59. The summed E-state index contributed by atoms with van der Waals surface area (Å²) in [6, 6.07) is 2.02. The topological polar surface area (TPSA) is 53.6 Å². The predicted molar refractivity (Wildman–Crippen MR) is 60.7 cm³/mol. The Kier molecular flexibility index (Phi) is 2.68. The first-order valence-corrected chi connectivity index (χ1v) is 5.20. The molecule has 0 atom stereocenters. The summed E-state index contributed by atoms with van der Waals surface area (Å²) in [7, 11) is 1.94. The van der Waals surface area contributed by atoms with E-state index in [9.17, 15) is 0 Å². The molecule has 0 fully saturated rings. The molecule has 0 aliphatic carbocycles. The van der Waals surface area contributed by atoms with E-state index in [1.54, 1.807) is 6.20 Å². The van der Waals surface area contributed by atoms with Crippen LogP contribution in [0, 0.1) is 0 Å². The van der Waals surface area contributed by atoms with Gasteiger partial charge in [-0.3, -0.25) is 0 Å². The average molecular weight is 204 g/mol. The van der Waals surface area contributed by atoms with Gasteiger partial charge in [0.2, 0.25) is 0 Å². The van der Waals surface area contributed by atoms with Crippen LogP contribution in [0.1, 0.15) is 31.2 Å². The molecule has 4 nitrogen and oxygen atoms in total. The molecule has 2 N–H and O–H groups in total. The second-order valence-corrected chi connectivity index (χ2v) is 3.98. The van der Waals surface area contributed by atoms with Crippen molar-refractivity contribution in [2.75, 3.05) is 7.05 Å². The molecule has 0 saturated heterocycles. The molecular formula is C11H16N4. The summed E-state index contributed by atoms with van der Waals surface area (Å²) in [6.45, 7) is 5.07. The van der Waals surface area contributed by atoms with Crippen LogP contribution in [0.4, 0.5) is 0 Å². The van der Waals surface area contributed by atoms with Crippen molar-refractivity contribution in [3.05, 3.63) is 23.7 Å². The molecule has 0 saturated carbocycles. The van der Waals surface area contributed by atoms with E-state index in [0.717, 1.165) is 23.5 Å². The number of fused-ring (bicyclic) bond motifs is 1. The number of rotatable bonds is 3. The number of hydrogen-bond donors (Lipinski definition) is 2. The van der Waals surface area contributed by atoms with E-state index in [0.29, 0.717) is 5.92 Å². The molecule has 0 aromatic carbocycles. The minimum Gasteiger partial charge on any atom is -0.340 e. The largest absolute Gasteiger partial charge is 0.340 e. The molecule has 0 spiro atoms. The van der Waals surface area contributed by atoms with Gasteiger partial charge in [-0.25, -0.2) is 9.97 Å². The summed E-state index contributed by atoms with van der Waals surface area (Å²) < 4.78 is 0. The van der Waals surface area contributed by atoms with Gasteiger partial charge < -0.3 is 10.3 Å². The van der Waals surface area contributed by atoms with Crippen LogP contribution in [0.5, 0.6) is 0 Å². The fraction of sp³-hybridized carbons (Fsp3) is 0.455. The number of pyridine rings is 1. The van der Waals surface area contributed by atoms with E-state index in [1.165, 1.54) is 5.56 Å². The molecule has 2 aromatic rings. The third-order valence-electron chi connectivity index (χ3n) is 2.41. The van der Waals surface area contributed by atoms with Crippen molar-refractivity contribution in [3.63, 3.8) is 0 Å². The average Bonchev–Trinajstić information content (AvgIpc) is 2.63. The van der Waals surface area contributed by atoms with Crippen LogP contribution in [-0.4, -0.2) is 22.0 Å². The number of H-pyrrole nitrogens is 1. The first-order chi connectivity index (χ1) is 7.22. The van der Waals surface area contributed by atoms with Crippen molar-refractivity contribution in [3.8, 4) is 0 Å². The molecule has 2 heterocycles. The van der Waals surface area contributed by atoms with Crippen LogP contribution < -0.4 is 5.32 Å². The lowest BCUT2D eigenvalue weighted by molar-refractivity contribution is 0.795. The van der Waals surface area contributed by atoms with Crippen molar-refractivity contribution in [1.29, 1.82) is 0 Å². The Labute approximate surface area is 89.1 Å². The van der Waals surface area contributed by atoms with Gasteiger partial charge in [0.1, 0.15) is 5.82 Å². The maximum absolute atomic E-state index is 4.46. The second-order valence-electron chi connectivity index (χ2n) is 3.98. The third kappa shape index (κ3) is 1.85. The van der Waals surface area contributed by atoms with Crippen molar-refractivity contribution in [2.45, 2.75) is 26.3 Å².